The van der Waals surface area contributed by atoms with Crippen LogP contribution in [0, 0.1) is 6.92 Å². The lowest BCUT2D eigenvalue weighted by molar-refractivity contribution is 0.836. The molecule has 29 heavy (non-hydrogen) atoms. The van der Waals surface area contributed by atoms with E-state index in [1.807, 2.05) is 30.1 Å². The molecule has 0 radical (unpaired) electrons. The van der Waals surface area contributed by atoms with Crippen molar-refractivity contribution in [1.82, 2.24) is 9.66 Å². The molecule has 2 aromatic carbocycles. The molecule has 0 spiro atoms. The van der Waals surface area contributed by atoms with Crippen LogP contribution >= 0.6 is 27.3 Å². The molecule has 0 saturated carbocycles. The Morgan fingerprint density at radius 3 is 2.79 bits per heavy atom. The van der Waals surface area contributed by atoms with Gasteiger partial charge in [0, 0.05) is 38.1 Å². The summed E-state index contributed by atoms with van der Waals surface area (Å²) in [4.78, 5) is 8.85. The van der Waals surface area contributed by atoms with Gasteiger partial charge in [0.2, 0.25) is 4.80 Å². The van der Waals surface area contributed by atoms with Crippen molar-refractivity contribution in [2.24, 2.45) is 10.1 Å². The summed E-state index contributed by atoms with van der Waals surface area (Å²) in [5.74, 6) is 0. The number of aromatic nitrogens is 2. The lowest BCUT2D eigenvalue weighted by Crippen LogP contribution is -2.13. The van der Waals surface area contributed by atoms with Crippen LogP contribution < -0.4 is 4.80 Å². The fourth-order valence-electron chi connectivity index (χ4n) is 2.99. The van der Waals surface area contributed by atoms with Crippen molar-refractivity contribution in [2.75, 3.05) is 6.54 Å². The van der Waals surface area contributed by atoms with Crippen LogP contribution in [-0.2, 0) is 0 Å². The summed E-state index contributed by atoms with van der Waals surface area (Å²) in [6.07, 6.45) is 3.86. The Morgan fingerprint density at radius 2 is 2.03 bits per heavy atom. The van der Waals surface area contributed by atoms with Gasteiger partial charge in [0.25, 0.3) is 0 Å². The summed E-state index contributed by atoms with van der Waals surface area (Å²) in [6.45, 7) is 8.62. The molecule has 0 aliphatic heterocycles. The first-order chi connectivity index (χ1) is 14.0. The van der Waals surface area contributed by atoms with Gasteiger partial charge in [-0.05, 0) is 32.0 Å². The summed E-state index contributed by atoms with van der Waals surface area (Å²) >= 11 is 5.14. The van der Waals surface area contributed by atoms with Crippen LogP contribution in [0.1, 0.15) is 18.1 Å². The van der Waals surface area contributed by atoms with Crippen molar-refractivity contribution in [3.05, 3.63) is 86.6 Å². The Labute approximate surface area is 182 Å². The molecular formula is C23H21BrN4S. The molecule has 4 nitrogen and oxygen atoms in total. The minimum atomic E-state index is 0.587. The first kappa shape index (κ1) is 19.6. The smallest absolute Gasteiger partial charge is 0.206 e. The van der Waals surface area contributed by atoms with E-state index < -0.39 is 0 Å². The maximum absolute atomic E-state index is 4.81. The summed E-state index contributed by atoms with van der Waals surface area (Å²) in [5, 5.41) is 8.03. The molecule has 0 fully saturated rings. The van der Waals surface area contributed by atoms with Gasteiger partial charge in [-0.1, -0.05) is 57.9 Å². The van der Waals surface area contributed by atoms with Gasteiger partial charge in [-0.2, -0.15) is 5.10 Å². The maximum atomic E-state index is 4.81. The quantitative estimate of drug-likeness (QED) is 0.272. The van der Waals surface area contributed by atoms with Crippen molar-refractivity contribution >= 4 is 44.4 Å². The number of nitrogens with one attached hydrogen (secondary N) is 1. The van der Waals surface area contributed by atoms with Crippen LogP contribution in [0.5, 0.6) is 0 Å². The standard InChI is InChI=1S/C23H21BrN4S/c1-15(2)11-26-23-28(22(14-29-23)17-6-4-16(3)5-7-17)27-13-18-12-25-21-9-8-19(24)10-20(18)21/h4-10,12-14,25H,1,11H2,2-3H3. The van der Waals surface area contributed by atoms with E-state index in [1.165, 1.54) is 5.56 Å². The topological polar surface area (TPSA) is 45.4 Å². The average molecular weight is 465 g/mol. The fourth-order valence-corrected chi connectivity index (χ4v) is 4.18. The molecule has 0 unspecified atom stereocenters. The number of thiazole rings is 1. The largest absolute Gasteiger partial charge is 0.361 e. The predicted molar refractivity (Wildman–Crippen MR) is 127 cm³/mol. The van der Waals surface area contributed by atoms with Crippen molar-refractivity contribution in [3.63, 3.8) is 0 Å². The number of rotatable bonds is 5. The van der Waals surface area contributed by atoms with E-state index in [1.54, 1.807) is 11.3 Å². The molecule has 0 bridgehead atoms. The molecular weight excluding hydrogens is 444 g/mol. The monoisotopic (exact) mass is 464 g/mol. The zero-order valence-corrected chi connectivity index (χ0v) is 18.7. The van der Waals surface area contributed by atoms with E-state index in [4.69, 9.17) is 10.1 Å². The predicted octanol–water partition coefficient (Wildman–Crippen LogP) is 6.13. The Morgan fingerprint density at radius 1 is 1.24 bits per heavy atom. The van der Waals surface area contributed by atoms with Gasteiger partial charge in [-0.25, -0.2) is 4.68 Å². The SMILES string of the molecule is C=C(C)CN=c1scc(-c2ccc(C)cc2)n1N=Cc1c[nH]c2ccc(Br)cc12. The van der Waals surface area contributed by atoms with E-state index in [-0.39, 0.29) is 0 Å². The molecule has 146 valence electrons. The highest BCUT2D eigenvalue weighted by Gasteiger charge is 2.08. The summed E-state index contributed by atoms with van der Waals surface area (Å²) in [5.41, 5.74) is 6.50. The Balaban J connectivity index is 1.81. The molecule has 0 aliphatic rings. The number of hydrogen-bond donors (Lipinski definition) is 1. The van der Waals surface area contributed by atoms with Crippen LogP contribution in [0.2, 0.25) is 0 Å². The third-order valence-electron chi connectivity index (χ3n) is 4.50. The molecule has 4 aromatic rings. The number of benzene rings is 2. The van der Waals surface area contributed by atoms with Crippen molar-refractivity contribution in [3.8, 4) is 11.3 Å². The first-order valence-electron chi connectivity index (χ1n) is 9.25. The van der Waals surface area contributed by atoms with Crippen LogP contribution in [-0.4, -0.2) is 22.4 Å². The van der Waals surface area contributed by atoms with Gasteiger partial charge in [0.05, 0.1) is 18.5 Å². The highest BCUT2D eigenvalue weighted by atomic mass is 79.9. The van der Waals surface area contributed by atoms with Crippen LogP contribution in [0.3, 0.4) is 0 Å². The zero-order valence-electron chi connectivity index (χ0n) is 16.3. The summed E-state index contributed by atoms with van der Waals surface area (Å²) in [6, 6.07) is 14.6. The lowest BCUT2D eigenvalue weighted by Gasteiger charge is -2.04. The highest BCUT2D eigenvalue weighted by Crippen LogP contribution is 2.23. The highest BCUT2D eigenvalue weighted by molar-refractivity contribution is 9.10. The molecule has 0 atom stereocenters. The normalized spacial score (nSPS) is 12.3. The molecule has 0 saturated heterocycles. The Hall–Kier alpha value is -2.70. The fraction of sp³-hybridized carbons (Fsp3) is 0.130. The number of halogens is 1. The molecule has 1 N–H and O–H groups in total. The number of hydrogen-bond acceptors (Lipinski definition) is 3. The molecule has 4 rings (SSSR count). The molecule has 6 heteroatoms. The third-order valence-corrected chi connectivity index (χ3v) is 5.85. The van der Waals surface area contributed by atoms with E-state index in [9.17, 15) is 0 Å². The summed E-state index contributed by atoms with van der Waals surface area (Å²) in [7, 11) is 0. The van der Waals surface area contributed by atoms with Crippen LogP contribution in [0.4, 0.5) is 0 Å². The molecule has 2 heterocycles. The van der Waals surface area contributed by atoms with Gasteiger partial charge in [0.15, 0.2) is 0 Å². The van der Waals surface area contributed by atoms with Crippen molar-refractivity contribution < 1.29 is 0 Å². The Bertz CT molecular complexity index is 1270. The molecule has 0 aliphatic carbocycles. The number of fused-ring (bicyclic) bond motifs is 1. The lowest BCUT2D eigenvalue weighted by atomic mass is 10.1. The van der Waals surface area contributed by atoms with E-state index in [0.717, 1.165) is 42.6 Å². The molecule has 0 amide bonds. The van der Waals surface area contributed by atoms with E-state index >= 15 is 0 Å². The first-order valence-corrected chi connectivity index (χ1v) is 10.9. The summed E-state index contributed by atoms with van der Waals surface area (Å²) < 4.78 is 2.95. The number of nitrogens with zero attached hydrogens (tertiary/aromatic N) is 3. The third kappa shape index (κ3) is 4.33. The van der Waals surface area contributed by atoms with Gasteiger partial charge in [-0.3, -0.25) is 4.99 Å². The average Bonchev–Trinajstić information content (AvgIpc) is 3.28. The van der Waals surface area contributed by atoms with Gasteiger partial charge < -0.3 is 4.98 Å². The number of aromatic amines is 1. The second-order valence-electron chi connectivity index (χ2n) is 7.03. The van der Waals surface area contributed by atoms with E-state index in [0.29, 0.717) is 6.54 Å². The second kappa shape index (κ2) is 8.35. The number of H-pyrrole nitrogens is 1. The van der Waals surface area contributed by atoms with Gasteiger partial charge in [-0.15, -0.1) is 11.3 Å². The van der Waals surface area contributed by atoms with E-state index in [2.05, 4.69) is 76.2 Å². The van der Waals surface area contributed by atoms with Crippen LogP contribution in [0.15, 0.2) is 80.8 Å². The van der Waals surface area contributed by atoms with Crippen LogP contribution in [0.25, 0.3) is 22.2 Å². The minimum Gasteiger partial charge on any atom is -0.361 e. The van der Waals surface area contributed by atoms with Crippen molar-refractivity contribution in [1.29, 1.82) is 0 Å². The van der Waals surface area contributed by atoms with Crippen molar-refractivity contribution in [2.45, 2.75) is 13.8 Å². The second-order valence-corrected chi connectivity index (χ2v) is 8.79. The maximum Gasteiger partial charge on any atom is 0.206 e. The van der Waals surface area contributed by atoms with Gasteiger partial charge in [0.1, 0.15) is 0 Å². The zero-order chi connectivity index (χ0) is 20.4. The number of aryl methyl sites for hydroxylation is 1. The molecule has 2 aromatic heterocycles. The van der Waals surface area contributed by atoms with Gasteiger partial charge >= 0.3 is 0 Å². The Kier molecular flexibility index (Phi) is 5.65. The minimum absolute atomic E-state index is 0.587.